The second-order valence-electron chi connectivity index (χ2n) is 4.64. The van der Waals surface area contributed by atoms with Crippen molar-refractivity contribution < 1.29 is 5.11 Å². The third-order valence-corrected chi connectivity index (χ3v) is 3.30. The second-order valence-corrected chi connectivity index (χ2v) is 4.64. The molecule has 2 N–H and O–H groups in total. The molecule has 0 saturated carbocycles. The number of nitrogens with one attached hydrogen (secondary N) is 1. The van der Waals surface area contributed by atoms with E-state index in [1.165, 1.54) is 0 Å². The smallest absolute Gasteiger partial charge is 0.0992 e. The summed E-state index contributed by atoms with van der Waals surface area (Å²) in [5.41, 5.74) is 4.69. The summed E-state index contributed by atoms with van der Waals surface area (Å²) in [5.74, 6) is 0. The maximum atomic E-state index is 9.00. The number of aliphatic hydroxyl groups excluding tert-OH is 1. The molecule has 2 aromatic rings. The highest BCUT2D eigenvalue weighted by atomic mass is 16.3. The van der Waals surface area contributed by atoms with Crippen molar-refractivity contribution in [1.29, 1.82) is 5.26 Å². The average molecular weight is 270 g/mol. The first kappa shape index (κ1) is 14.1. The van der Waals surface area contributed by atoms with Crippen molar-refractivity contribution in [2.45, 2.75) is 26.9 Å². The third-order valence-electron chi connectivity index (χ3n) is 3.30. The van der Waals surface area contributed by atoms with Crippen LogP contribution in [-0.4, -0.2) is 21.5 Å². The van der Waals surface area contributed by atoms with Crippen LogP contribution in [0.4, 0.5) is 5.69 Å². The Bertz CT molecular complexity index is 640. The zero-order valence-corrected chi connectivity index (χ0v) is 11.7. The van der Waals surface area contributed by atoms with Crippen molar-refractivity contribution in [3.05, 3.63) is 46.8 Å². The van der Waals surface area contributed by atoms with Gasteiger partial charge in [0.2, 0.25) is 0 Å². The molecule has 5 heteroatoms. The van der Waals surface area contributed by atoms with Crippen molar-refractivity contribution in [1.82, 2.24) is 9.78 Å². The maximum Gasteiger partial charge on any atom is 0.0992 e. The van der Waals surface area contributed by atoms with Gasteiger partial charge in [-0.1, -0.05) is 6.07 Å². The first-order chi connectivity index (χ1) is 9.65. The SMILES string of the molecule is Cc1nn(CCO)c(C)c1CNc1cccc(C#N)c1. The van der Waals surface area contributed by atoms with Crippen LogP contribution >= 0.6 is 0 Å². The predicted octanol–water partition coefficient (Wildman–Crippen LogP) is 1.98. The van der Waals surface area contributed by atoms with Crippen LogP contribution in [0.2, 0.25) is 0 Å². The number of aromatic nitrogens is 2. The molecule has 0 saturated heterocycles. The number of hydrogen-bond donors (Lipinski definition) is 2. The molecule has 0 fully saturated rings. The Labute approximate surface area is 118 Å². The maximum absolute atomic E-state index is 9.00. The molecule has 0 amide bonds. The highest BCUT2D eigenvalue weighted by Gasteiger charge is 2.10. The third kappa shape index (κ3) is 2.98. The zero-order valence-electron chi connectivity index (χ0n) is 11.7. The van der Waals surface area contributed by atoms with E-state index in [4.69, 9.17) is 10.4 Å². The molecule has 1 heterocycles. The fourth-order valence-electron chi connectivity index (χ4n) is 2.19. The topological polar surface area (TPSA) is 73.9 Å². The first-order valence-corrected chi connectivity index (χ1v) is 6.53. The number of aryl methyl sites for hydroxylation is 1. The molecule has 0 unspecified atom stereocenters. The minimum Gasteiger partial charge on any atom is -0.394 e. The number of aliphatic hydroxyl groups is 1. The van der Waals surface area contributed by atoms with Crippen LogP contribution in [0, 0.1) is 25.2 Å². The Morgan fingerprint density at radius 2 is 2.20 bits per heavy atom. The largest absolute Gasteiger partial charge is 0.394 e. The quantitative estimate of drug-likeness (QED) is 0.871. The summed E-state index contributed by atoms with van der Waals surface area (Å²) >= 11 is 0. The molecule has 0 radical (unpaired) electrons. The van der Waals surface area contributed by atoms with Crippen LogP contribution in [-0.2, 0) is 13.1 Å². The lowest BCUT2D eigenvalue weighted by Gasteiger charge is -2.07. The number of rotatable bonds is 5. The van der Waals surface area contributed by atoms with Crippen LogP contribution in [0.1, 0.15) is 22.5 Å². The summed E-state index contributed by atoms with van der Waals surface area (Å²) in [6, 6.07) is 9.52. The number of nitriles is 1. The molecule has 1 aromatic carbocycles. The molecule has 1 aromatic heterocycles. The number of benzene rings is 1. The summed E-state index contributed by atoms with van der Waals surface area (Å²) in [7, 11) is 0. The molecule has 0 bridgehead atoms. The molecule has 0 aliphatic carbocycles. The summed E-state index contributed by atoms with van der Waals surface area (Å²) in [5, 5.41) is 25.6. The summed E-state index contributed by atoms with van der Waals surface area (Å²) in [6.07, 6.45) is 0. The van der Waals surface area contributed by atoms with Crippen molar-refractivity contribution in [3.8, 4) is 6.07 Å². The summed E-state index contributed by atoms with van der Waals surface area (Å²) < 4.78 is 1.82. The van der Waals surface area contributed by atoms with E-state index in [2.05, 4.69) is 16.5 Å². The highest BCUT2D eigenvalue weighted by Crippen LogP contribution is 2.16. The normalized spacial score (nSPS) is 10.3. The molecule has 0 aliphatic heterocycles. The van der Waals surface area contributed by atoms with E-state index in [9.17, 15) is 0 Å². The van der Waals surface area contributed by atoms with Gasteiger partial charge in [-0.2, -0.15) is 10.4 Å². The van der Waals surface area contributed by atoms with Crippen molar-refractivity contribution in [2.24, 2.45) is 0 Å². The molecule has 5 nitrogen and oxygen atoms in total. The van der Waals surface area contributed by atoms with Gasteiger partial charge < -0.3 is 10.4 Å². The van der Waals surface area contributed by atoms with Gasteiger partial charge >= 0.3 is 0 Å². The van der Waals surface area contributed by atoms with Crippen LogP contribution in [0.25, 0.3) is 0 Å². The molecule has 0 atom stereocenters. The molecule has 2 rings (SSSR count). The highest BCUT2D eigenvalue weighted by molar-refractivity contribution is 5.49. The second kappa shape index (κ2) is 6.22. The van der Waals surface area contributed by atoms with Gasteiger partial charge in [-0.05, 0) is 32.0 Å². The van der Waals surface area contributed by atoms with E-state index in [0.29, 0.717) is 18.7 Å². The van der Waals surface area contributed by atoms with Gasteiger partial charge in [0, 0.05) is 23.5 Å². The number of hydrogen-bond acceptors (Lipinski definition) is 4. The van der Waals surface area contributed by atoms with Gasteiger partial charge in [0.05, 0.1) is 30.5 Å². The predicted molar refractivity (Wildman–Crippen MR) is 77.3 cm³/mol. The Morgan fingerprint density at radius 1 is 1.40 bits per heavy atom. The lowest BCUT2D eigenvalue weighted by atomic mass is 10.1. The van der Waals surface area contributed by atoms with Gasteiger partial charge in [-0.25, -0.2) is 0 Å². The number of nitrogens with zero attached hydrogens (tertiary/aromatic N) is 3. The lowest BCUT2D eigenvalue weighted by Crippen LogP contribution is -2.07. The Kier molecular flexibility index (Phi) is 4.38. The fourth-order valence-corrected chi connectivity index (χ4v) is 2.19. The standard InChI is InChI=1S/C15H18N4O/c1-11-15(12(2)19(18-11)6-7-20)10-17-14-5-3-4-13(8-14)9-16/h3-5,8,17,20H,6-7,10H2,1-2H3. The first-order valence-electron chi connectivity index (χ1n) is 6.53. The van der Waals surface area contributed by atoms with Gasteiger partial charge in [0.15, 0.2) is 0 Å². The van der Waals surface area contributed by atoms with Gasteiger partial charge in [0.25, 0.3) is 0 Å². The fraction of sp³-hybridized carbons (Fsp3) is 0.333. The zero-order chi connectivity index (χ0) is 14.5. The van der Waals surface area contributed by atoms with E-state index >= 15 is 0 Å². The Morgan fingerprint density at radius 3 is 2.90 bits per heavy atom. The van der Waals surface area contributed by atoms with E-state index in [1.54, 1.807) is 6.07 Å². The lowest BCUT2D eigenvalue weighted by molar-refractivity contribution is 0.268. The molecular formula is C15H18N4O. The minimum absolute atomic E-state index is 0.0824. The van der Waals surface area contributed by atoms with Crippen LogP contribution in [0.5, 0.6) is 0 Å². The molecule has 0 aliphatic rings. The van der Waals surface area contributed by atoms with Crippen molar-refractivity contribution in [3.63, 3.8) is 0 Å². The van der Waals surface area contributed by atoms with Gasteiger partial charge in [0.1, 0.15) is 0 Å². The molecule has 104 valence electrons. The van der Waals surface area contributed by atoms with Crippen LogP contribution in [0.15, 0.2) is 24.3 Å². The van der Waals surface area contributed by atoms with E-state index in [1.807, 2.05) is 36.7 Å². The van der Waals surface area contributed by atoms with Gasteiger partial charge in [-0.3, -0.25) is 4.68 Å². The Balaban J connectivity index is 2.13. The monoisotopic (exact) mass is 270 g/mol. The average Bonchev–Trinajstić information content (AvgIpc) is 2.72. The van der Waals surface area contributed by atoms with E-state index < -0.39 is 0 Å². The summed E-state index contributed by atoms with van der Waals surface area (Å²) in [4.78, 5) is 0. The van der Waals surface area contributed by atoms with E-state index in [-0.39, 0.29) is 6.61 Å². The molecular weight excluding hydrogens is 252 g/mol. The van der Waals surface area contributed by atoms with E-state index in [0.717, 1.165) is 22.6 Å². The molecule has 0 spiro atoms. The number of anilines is 1. The minimum atomic E-state index is 0.0824. The van der Waals surface area contributed by atoms with Crippen molar-refractivity contribution >= 4 is 5.69 Å². The molecule has 20 heavy (non-hydrogen) atoms. The van der Waals surface area contributed by atoms with Crippen LogP contribution in [0.3, 0.4) is 0 Å². The van der Waals surface area contributed by atoms with Gasteiger partial charge in [-0.15, -0.1) is 0 Å². The summed E-state index contributed by atoms with van der Waals surface area (Å²) in [6.45, 7) is 5.20. The van der Waals surface area contributed by atoms with Crippen molar-refractivity contribution in [2.75, 3.05) is 11.9 Å². The Hall–Kier alpha value is -2.32. The van der Waals surface area contributed by atoms with Crippen LogP contribution < -0.4 is 5.32 Å².